The van der Waals surface area contributed by atoms with Crippen molar-refractivity contribution >= 4 is 23.5 Å². The van der Waals surface area contributed by atoms with Crippen LogP contribution in [0.4, 0.5) is 5.69 Å². The fourth-order valence-electron chi connectivity index (χ4n) is 3.85. The zero-order valence-corrected chi connectivity index (χ0v) is 17.3. The molecule has 1 fully saturated rings. The van der Waals surface area contributed by atoms with Gasteiger partial charge in [-0.05, 0) is 60.7 Å². The van der Waals surface area contributed by atoms with Crippen molar-refractivity contribution in [1.82, 2.24) is 4.90 Å². The number of aliphatic imine (C=N–C) groups is 1. The number of nitrogens with zero attached hydrogens (tertiary/aromatic N) is 2. The second-order valence-corrected chi connectivity index (χ2v) is 7.60. The highest BCUT2D eigenvalue weighted by Gasteiger charge is 2.19. The average Bonchev–Trinajstić information content (AvgIpc) is 3.24. The van der Waals surface area contributed by atoms with E-state index in [1.54, 1.807) is 0 Å². The van der Waals surface area contributed by atoms with Crippen LogP contribution >= 0.6 is 0 Å². The predicted octanol–water partition coefficient (Wildman–Crippen LogP) is 4.33. The Morgan fingerprint density at radius 1 is 1.07 bits per heavy atom. The smallest absolute Gasteiger partial charge is 0.253 e. The molecule has 0 spiro atoms. The molecule has 0 aromatic heterocycles. The lowest BCUT2D eigenvalue weighted by Crippen LogP contribution is -2.27. The molecule has 0 saturated carbocycles. The van der Waals surface area contributed by atoms with Gasteiger partial charge in [0.05, 0.1) is 12.3 Å². The minimum absolute atomic E-state index is 0.118. The molecule has 1 saturated heterocycles. The van der Waals surface area contributed by atoms with Crippen molar-refractivity contribution < 1.29 is 14.6 Å². The third-order valence-electron chi connectivity index (χ3n) is 5.36. The summed E-state index contributed by atoms with van der Waals surface area (Å²) in [4.78, 5) is 29.3. The Hall–Kier alpha value is -2.96. The van der Waals surface area contributed by atoms with Crippen LogP contribution in [0.2, 0.25) is 0 Å². The first kappa shape index (κ1) is 20.3. The van der Waals surface area contributed by atoms with Gasteiger partial charge in [0.25, 0.3) is 5.91 Å². The zero-order valence-electron chi connectivity index (χ0n) is 17.3. The average molecular weight is 405 g/mol. The van der Waals surface area contributed by atoms with Crippen LogP contribution in [0.3, 0.4) is 0 Å². The number of carbonyl (C=O) groups is 1. The summed E-state index contributed by atoms with van der Waals surface area (Å²) in [5.74, 6) is 0.672. The Labute approximate surface area is 176 Å². The van der Waals surface area contributed by atoms with E-state index < -0.39 is 0 Å². The number of benzene rings is 2. The van der Waals surface area contributed by atoms with Crippen LogP contribution in [0.25, 0.3) is 17.2 Å². The highest BCUT2D eigenvalue weighted by molar-refractivity contribution is 5.95. The summed E-state index contributed by atoms with van der Waals surface area (Å²) >= 11 is 0. The number of hydrogen-bond acceptors (Lipinski definition) is 5. The lowest BCUT2D eigenvalue weighted by Gasteiger charge is -2.15. The molecule has 2 aromatic carbocycles. The van der Waals surface area contributed by atoms with E-state index in [4.69, 9.17) is 15.5 Å². The second-order valence-electron chi connectivity index (χ2n) is 7.60. The van der Waals surface area contributed by atoms with Crippen molar-refractivity contribution in [2.45, 2.75) is 26.2 Å². The summed E-state index contributed by atoms with van der Waals surface area (Å²) in [6.45, 7) is 4.44. The van der Waals surface area contributed by atoms with E-state index in [2.05, 4.69) is 17.1 Å². The van der Waals surface area contributed by atoms with Crippen molar-refractivity contribution in [3.8, 4) is 11.1 Å². The Bertz CT molecular complexity index is 974. The van der Waals surface area contributed by atoms with Crippen molar-refractivity contribution in [3.05, 3.63) is 59.2 Å². The first-order valence-corrected chi connectivity index (χ1v) is 10.4. The number of amides is 1. The van der Waals surface area contributed by atoms with Gasteiger partial charge in [0.1, 0.15) is 12.4 Å². The molecule has 0 bridgehead atoms. The number of amidine groups is 1. The van der Waals surface area contributed by atoms with Gasteiger partial charge in [-0.2, -0.15) is 0 Å². The number of likely N-dealkylation sites (tertiary alicyclic amines) is 1. The summed E-state index contributed by atoms with van der Waals surface area (Å²) in [7, 11) is 0. The molecule has 2 aliphatic heterocycles. The molecule has 6 nitrogen and oxygen atoms in total. The maximum absolute atomic E-state index is 12.6. The summed E-state index contributed by atoms with van der Waals surface area (Å²) in [5, 5.41) is 0. The number of nitrogens with two attached hydrogens (primary N) is 1. The summed E-state index contributed by atoms with van der Waals surface area (Å²) in [6.07, 6.45) is 4.80. The fraction of sp³-hybridized carbons (Fsp3) is 0.333. The zero-order chi connectivity index (χ0) is 20.9. The van der Waals surface area contributed by atoms with Gasteiger partial charge in [-0.15, -0.1) is 0 Å². The number of fused-ring (bicyclic) bond motifs is 1. The van der Waals surface area contributed by atoms with Crippen molar-refractivity contribution in [2.24, 2.45) is 10.7 Å². The predicted molar refractivity (Wildman–Crippen MR) is 118 cm³/mol. The van der Waals surface area contributed by atoms with E-state index >= 15 is 0 Å². The summed E-state index contributed by atoms with van der Waals surface area (Å²) < 4.78 is 0. The van der Waals surface area contributed by atoms with Crippen LogP contribution < -0.4 is 5.73 Å². The maximum Gasteiger partial charge on any atom is 0.253 e. The highest BCUT2D eigenvalue weighted by Crippen LogP contribution is 2.31. The molecule has 0 atom stereocenters. The lowest BCUT2D eigenvalue weighted by molar-refractivity contribution is -0.284. The fourth-order valence-corrected chi connectivity index (χ4v) is 3.85. The van der Waals surface area contributed by atoms with Crippen LogP contribution in [0, 0.1) is 0 Å². The molecule has 2 heterocycles. The molecule has 1 amide bonds. The van der Waals surface area contributed by atoms with Gasteiger partial charge >= 0.3 is 0 Å². The summed E-state index contributed by atoms with van der Waals surface area (Å²) in [6, 6.07) is 13.9. The largest absolute Gasteiger partial charge is 0.387 e. The van der Waals surface area contributed by atoms with Crippen LogP contribution in [-0.4, -0.2) is 42.9 Å². The van der Waals surface area contributed by atoms with Gasteiger partial charge < -0.3 is 10.6 Å². The van der Waals surface area contributed by atoms with E-state index in [1.165, 1.54) is 0 Å². The van der Waals surface area contributed by atoms with Gasteiger partial charge in [-0.25, -0.2) is 14.8 Å². The minimum atomic E-state index is 0.118. The molecular weight excluding hydrogens is 378 g/mol. The molecule has 4 rings (SSSR count). The number of hydrogen-bond donors (Lipinski definition) is 1. The second kappa shape index (κ2) is 9.24. The minimum Gasteiger partial charge on any atom is -0.387 e. The molecule has 2 aromatic rings. The van der Waals surface area contributed by atoms with Crippen LogP contribution in [0.5, 0.6) is 0 Å². The van der Waals surface area contributed by atoms with Crippen molar-refractivity contribution in [1.29, 1.82) is 0 Å². The normalized spacial score (nSPS) is 16.0. The van der Waals surface area contributed by atoms with E-state index in [9.17, 15) is 4.79 Å². The van der Waals surface area contributed by atoms with Crippen molar-refractivity contribution in [2.75, 3.05) is 26.3 Å². The highest BCUT2D eigenvalue weighted by atomic mass is 17.2. The van der Waals surface area contributed by atoms with Gasteiger partial charge in [-0.3, -0.25) is 4.79 Å². The Morgan fingerprint density at radius 3 is 2.53 bits per heavy atom. The van der Waals surface area contributed by atoms with Gasteiger partial charge in [0.2, 0.25) is 0 Å². The van der Waals surface area contributed by atoms with Gasteiger partial charge in [-0.1, -0.05) is 24.3 Å². The molecule has 2 N–H and O–H groups in total. The molecule has 0 unspecified atom stereocenters. The monoisotopic (exact) mass is 405 g/mol. The van der Waals surface area contributed by atoms with Crippen LogP contribution in [0.1, 0.15) is 42.1 Å². The summed E-state index contributed by atoms with van der Waals surface area (Å²) in [5.41, 5.74) is 11.7. The van der Waals surface area contributed by atoms with E-state index in [-0.39, 0.29) is 5.91 Å². The van der Waals surface area contributed by atoms with E-state index in [1.807, 2.05) is 48.2 Å². The molecule has 2 aliphatic rings. The first-order chi connectivity index (χ1) is 14.6. The standard InChI is InChI=1S/C24H27N3O3/c1-2-29-30-16-17-13-21-15-20(9-10-22(21)26-23(25)14-17)18-5-7-19(8-6-18)24(28)27-11-3-4-12-27/h5-10,13,15H,2-4,11-12,14,16H2,1H3,(H2,25,26). The maximum atomic E-state index is 12.6. The third kappa shape index (κ3) is 4.61. The van der Waals surface area contributed by atoms with Crippen LogP contribution in [0.15, 0.2) is 53.0 Å². The molecule has 30 heavy (non-hydrogen) atoms. The SMILES string of the molecule is CCOOCC1=Cc2cc(-c3ccc(C(=O)N4CCCC4)cc3)ccc2N=C(N)C1. The van der Waals surface area contributed by atoms with Crippen LogP contribution in [-0.2, 0) is 9.78 Å². The van der Waals surface area contributed by atoms with E-state index in [0.717, 1.165) is 59.4 Å². The Balaban J connectivity index is 1.57. The first-order valence-electron chi connectivity index (χ1n) is 10.4. The van der Waals surface area contributed by atoms with E-state index in [0.29, 0.717) is 25.5 Å². The molecule has 0 aliphatic carbocycles. The Morgan fingerprint density at radius 2 is 1.80 bits per heavy atom. The lowest BCUT2D eigenvalue weighted by atomic mass is 9.99. The Kier molecular flexibility index (Phi) is 6.26. The number of rotatable bonds is 6. The van der Waals surface area contributed by atoms with Gasteiger partial charge in [0, 0.05) is 30.6 Å². The molecule has 156 valence electrons. The third-order valence-corrected chi connectivity index (χ3v) is 5.36. The van der Waals surface area contributed by atoms with Crippen molar-refractivity contribution in [3.63, 3.8) is 0 Å². The molecule has 6 heteroatoms. The quantitative estimate of drug-likeness (QED) is 0.441. The number of carbonyl (C=O) groups excluding carboxylic acids is 1. The topological polar surface area (TPSA) is 77.2 Å². The molecule has 0 radical (unpaired) electrons. The van der Waals surface area contributed by atoms with Gasteiger partial charge in [0.15, 0.2) is 0 Å². The molecular formula is C24H27N3O3.